The summed E-state index contributed by atoms with van der Waals surface area (Å²) >= 11 is 1.90. The molecular weight excluding hydrogens is 815 g/mol. The van der Waals surface area contributed by atoms with Crippen molar-refractivity contribution < 1.29 is 0 Å². The minimum Gasteiger partial charge on any atom is -0.308 e. The third kappa shape index (κ3) is 5.46. The van der Waals surface area contributed by atoms with Crippen LogP contribution in [-0.4, -0.2) is 4.57 Å². The first-order valence-corrected chi connectivity index (χ1v) is 23.6. The number of thiophene rings is 1. The fourth-order valence-corrected chi connectivity index (χ4v) is 12.4. The quantitative estimate of drug-likeness (QED) is 0.152. The van der Waals surface area contributed by atoms with Gasteiger partial charge in [0.05, 0.1) is 16.7 Å². The summed E-state index contributed by atoms with van der Waals surface area (Å²) < 4.78 is 5.11. The SMILES string of the molecule is c1ccc(-c2ccc3c(c2)c2ccccc2n3-c2c3ccccc3c(-c3cccc4sc5cc(-c6c7ccccc7c(-c7ccccc7)c7ccccc67)ccc5c34)c3ccccc23)cc1. The smallest absolute Gasteiger partial charge is 0.0619 e. The Hall–Kier alpha value is -8.30. The van der Waals surface area contributed by atoms with E-state index in [0.717, 1.165) is 0 Å². The van der Waals surface area contributed by atoms with Crippen LogP contribution in [0.4, 0.5) is 0 Å². The summed E-state index contributed by atoms with van der Waals surface area (Å²) in [4.78, 5) is 0. The van der Waals surface area contributed by atoms with Crippen molar-refractivity contribution in [1.82, 2.24) is 4.57 Å². The fourth-order valence-electron chi connectivity index (χ4n) is 11.2. The molecule has 0 saturated heterocycles. The van der Waals surface area contributed by atoms with Crippen molar-refractivity contribution >= 4 is 96.4 Å². The van der Waals surface area contributed by atoms with Crippen LogP contribution in [0.5, 0.6) is 0 Å². The highest BCUT2D eigenvalue weighted by atomic mass is 32.1. The Bertz CT molecular complexity index is 4160. The molecule has 306 valence electrons. The molecule has 12 aromatic carbocycles. The van der Waals surface area contributed by atoms with E-state index in [2.05, 4.69) is 241 Å². The van der Waals surface area contributed by atoms with Crippen molar-refractivity contribution in [3.63, 3.8) is 0 Å². The van der Waals surface area contributed by atoms with Crippen LogP contribution in [0.2, 0.25) is 0 Å². The number of fused-ring (bicyclic) bond motifs is 10. The van der Waals surface area contributed by atoms with Gasteiger partial charge in [-0.3, -0.25) is 0 Å². The van der Waals surface area contributed by atoms with Gasteiger partial charge in [0.15, 0.2) is 0 Å². The largest absolute Gasteiger partial charge is 0.308 e. The van der Waals surface area contributed by atoms with Crippen LogP contribution in [0.3, 0.4) is 0 Å². The fraction of sp³-hybridized carbons (Fsp3) is 0. The summed E-state index contributed by atoms with van der Waals surface area (Å²) in [6, 6.07) is 87.6. The lowest BCUT2D eigenvalue weighted by molar-refractivity contribution is 1.21. The van der Waals surface area contributed by atoms with Gasteiger partial charge in [-0.25, -0.2) is 0 Å². The zero-order valence-electron chi connectivity index (χ0n) is 35.9. The minimum atomic E-state index is 1.20. The first kappa shape index (κ1) is 37.1. The van der Waals surface area contributed by atoms with E-state index in [-0.39, 0.29) is 0 Å². The Morgan fingerprint density at radius 3 is 1.36 bits per heavy atom. The Labute approximate surface area is 385 Å². The number of rotatable bonds is 5. The van der Waals surface area contributed by atoms with E-state index in [4.69, 9.17) is 0 Å². The normalized spacial score (nSPS) is 11.9. The lowest BCUT2D eigenvalue weighted by Gasteiger charge is -2.20. The molecule has 0 N–H and O–H groups in total. The number of aromatic nitrogens is 1. The summed E-state index contributed by atoms with van der Waals surface area (Å²) in [7, 11) is 0. The van der Waals surface area contributed by atoms with Gasteiger partial charge in [-0.15, -0.1) is 11.3 Å². The molecular formula is C64H39NS. The standard InChI is InChI=1S/C64H39NS/c1-3-18-40(19-4-1)42-35-37-57-55(38-42)44-22-15-16-32-56(44)65(57)64-51-29-13-11-27-49(51)62(50-28-12-14-30-52(50)64)54-31-17-33-58-63(54)53-36-34-43(39-59(53)66-58)61-47-25-9-7-23-45(47)60(41-20-5-2-6-21-41)46-24-8-10-26-48(46)61/h1-39H. The molecule has 0 atom stereocenters. The van der Waals surface area contributed by atoms with Crippen molar-refractivity contribution in [2.45, 2.75) is 0 Å². The van der Waals surface area contributed by atoms with Gasteiger partial charge in [0, 0.05) is 41.7 Å². The molecule has 0 aliphatic rings. The summed E-state index contributed by atoms with van der Waals surface area (Å²) in [5.74, 6) is 0. The number of benzene rings is 12. The maximum atomic E-state index is 2.52. The second-order valence-corrected chi connectivity index (χ2v) is 18.5. The predicted octanol–water partition coefficient (Wildman–Crippen LogP) is 18.4. The van der Waals surface area contributed by atoms with E-state index in [1.807, 2.05) is 11.3 Å². The van der Waals surface area contributed by atoms with Gasteiger partial charge in [0.1, 0.15) is 0 Å². The number of hydrogen-bond acceptors (Lipinski definition) is 1. The monoisotopic (exact) mass is 853 g/mol. The topological polar surface area (TPSA) is 4.93 Å². The average molecular weight is 854 g/mol. The van der Waals surface area contributed by atoms with E-state index >= 15 is 0 Å². The second-order valence-electron chi connectivity index (χ2n) is 17.5. The average Bonchev–Trinajstić information content (AvgIpc) is 3.93. The van der Waals surface area contributed by atoms with Crippen LogP contribution in [-0.2, 0) is 0 Å². The zero-order chi connectivity index (χ0) is 43.3. The number of hydrogen-bond donors (Lipinski definition) is 0. The van der Waals surface area contributed by atoms with Crippen LogP contribution < -0.4 is 0 Å². The number of para-hydroxylation sites is 1. The highest BCUT2D eigenvalue weighted by Gasteiger charge is 2.23. The molecule has 1 nitrogen and oxygen atoms in total. The first-order valence-electron chi connectivity index (χ1n) is 22.8. The summed E-state index contributed by atoms with van der Waals surface area (Å²) in [6.45, 7) is 0. The highest BCUT2D eigenvalue weighted by Crippen LogP contribution is 2.50. The van der Waals surface area contributed by atoms with E-state index in [9.17, 15) is 0 Å². The molecule has 66 heavy (non-hydrogen) atoms. The van der Waals surface area contributed by atoms with Gasteiger partial charge in [-0.05, 0) is 107 Å². The zero-order valence-corrected chi connectivity index (χ0v) is 36.7. The first-order chi connectivity index (χ1) is 32.8. The summed E-state index contributed by atoms with van der Waals surface area (Å²) in [6.07, 6.45) is 0. The maximum Gasteiger partial charge on any atom is 0.0619 e. The van der Waals surface area contributed by atoms with Crippen LogP contribution in [0.25, 0.3) is 135 Å². The van der Waals surface area contributed by atoms with Crippen molar-refractivity contribution in [1.29, 1.82) is 0 Å². The van der Waals surface area contributed by atoms with Crippen molar-refractivity contribution in [2.75, 3.05) is 0 Å². The van der Waals surface area contributed by atoms with E-state index in [1.54, 1.807) is 0 Å². The molecule has 2 heterocycles. The van der Waals surface area contributed by atoms with Crippen LogP contribution >= 0.6 is 11.3 Å². The molecule has 0 aliphatic carbocycles. The Kier molecular flexibility index (Phi) is 8.22. The Balaban J connectivity index is 1.01. The molecule has 2 aromatic heterocycles. The van der Waals surface area contributed by atoms with Crippen molar-refractivity contribution in [3.8, 4) is 50.2 Å². The molecule has 0 bridgehead atoms. The summed E-state index contributed by atoms with van der Waals surface area (Å²) in [5.41, 5.74) is 13.7. The van der Waals surface area contributed by atoms with Gasteiger partial charge in [0.2, 0.25) is 0 Å². The molecule has 2 heteroatoms. The molecule has 0 fully saturated rings. The van der Waals surface area contributed by atoms with E-state index < -0.39 is 0 Å². The lowest BCUT2D eigenvalue weighted by Crippen LogP contribution is -1.99. The lowest BCUT2D eigenvalue weighted by atomic mass is 9.85. The van der Waals surface area contributed by atoms with Gasteiger partial charge in [0.25, 0.3) is 0 Å². The van der Waals surface area contributed by atoms with Crippen LogP contribution in [0, 0.1) is 0 Å². The van der Waals surface area contributed by atoms with Crippen LogP contribution in [0.1, 0.15) is 0 Å². The number of nitrogens with zero attached hydrogens (tertiary/aromatic N) is 1. The van der Waals surface area contributed by atoms with E-state index in [0.29, 0.717) is 0 Å². The van der Waals surface area contributed by atoms with Gasteiger partial charge >= 0.3 is 0 Å². The molecule has 0 radical (unpaired) electrons. The van der Waals surface area contributed by atoms with Gasteiger partial charge in [-0.2, -0.15) is 0 Å². The van der Waals surface area contributed by atoms with Gasteiger partial charge < -0.3 is 4.57 Å². The molecule has 0 saturated carbocycles. The molecule has 0 aliphatic heterocycles. The van der Waals surface area contributed by atoms with Crippen molar-refractivity contribution in [2.24, 2.45) is 0 Å². The molecule has 14 rings (SSSR count). The molecule has 0 spiro atoms. The van der Waals surface area contributed by atoms with E-state index in [1.165, 1.54) is 135 Å². The Morgan fingerprint density at radius 2 is 0.742 bits per heavy atom. The minimum absolute atomic E-state index is 1.20. The molecule has 0 amide bonds. The van der Waals surface area contributed by atoms with Crippen LogP contribution in [0.15, 0.2) is 237 Å². The Morgan fingerprint density at radius 1 is 0.258 bits per heavy atom. The third-order valence-corrected chi connectivity index (χ3v) is 15.1. The highest BCUT2D eigenvalue weighted by molar-refractivity contribution is 7.26. The van der Waals surface area contributed by atoms with Crippen molar-refractivity contribution in [3.05, 3.63) is 237 Å². The molecule has 14 aromatic rings. The third-order valence-electron chi connectivity index (χ3n) is 14.0. The maximum absolute atomic E-state index is 2.52. The predicted molar refractivity (Wildman–Crippen MR) is 285 cm³/mol. The van der Waals surface area contributed by atoms with Gasteiger partial charge in [-0.1, -0.05) is 206 Å². The molecule has 0 unspecified atom stereocenters. The second kappa shape index (κ2) is 14.6. The summed E-state index contributed by atoms with van der Waals surface area (Å²) in [5, 5.41) is 15.2.